The highest BCUT2D eigenvalue weighted by Crippen LogP contribution is 2.30. The van der Waals surface area contributed by atoms with Gasteiger partial charge < -0.3 is 9.80 Å². The molecule has 0 saturated carbocycles. The summed E-state index contributed by atoms with van der Waals surface area (Å²) in [6.45, 7) is 3.47. The molecule has 0 radical (unpaired) electrons. The minimum absolute atomic E-state index is 0.160. The SMILES string of the molecule is O=C(CN(c1ccccc1)c1ccccc1)N1CCN(C(c2ccccc2)c2ccccc2)CC1. The quantitative estimate of drug-likeness (QED) is 0.350. The summed E-state index contributed by atoms with van der Waals surface area (Å²) in [4.78, 5) is 20.1. The van der Waals surface area contributed by atoms with Crippen molar-refractivity contribution < 1.29 is 4.79 Å². The van der Waals surface area contributed by atoms with E-state index in [1.165, 1.54) is 11.1 Å². The molecule has 0 N–H and O–H groups in total. The molecule has 1 saturated heterocycles. The Morgan fingerprint density at radius 1 is 0.600 bits per heavy atom. The molecular formula is C31H31N3O. The minimum atomic E-state index is 0.160. The number of carbonyl (C=O) groups excluding carboxylic acids is 1. The van der Waals surface area contributed by atoms with Crippen LogP contribution in [0.2, 0.25) is 0 Å². The van der Waals surface area contributed by atoms with Crippen LogP contribution in [0.25, 0.3) is 0 Å². The number of hydrogen-bond acceptors (Lipinski definition) is 3. The number of benzene rings is 4. The molecule has 0 unspecified atom stereocenters. The van der Waals surface area contributed by atoms with E-state index < -0.39 is 0 Å². The molecule has 1 aliphatic rings. The molecule has 4 aromatic rings. The van der Waals surface area contributed by atoms with E-state index in [4.69, 9.17) is 0 Å². The summed E-state index contributed by atoms with van der Waals surface area (Å²) in [5, 5.41) is 0. The van der Waals surface area contributed by atoms with Crippen LogP contribution in [-0.4, -0.2) is 48.4 Å². The van der Waals surface area contributed by atoms with E-state index in [9.17, 15) is 4.79 Å². The summed E-state index contributed by atoms with van der Waals surface area (Å²) in [5.74, 6) is 0.160. The highest BCUT2D eigenvalue weighted by molar-refractivity contribution is 5.84. The molecule has 1 heterocycles. The Morgan fingerprint density at radius 2 is 1.00 bits per heavy atom. The van der Waals surface area contributed by atoms with E-state index in [0.717, 1.165) is 37.6 Å². The summed E-state index contributed by atoms with van der Waals surface area (Å²) >= 11 is 0. The topological polar surface area (TPSA) is 26.8 Å². The van der Waals surface area contributed by atoms with Gasteiger partial charge in [-0.05, 0) is 35.4 Å². The lowest BCUT2D eigenvalue weighted by molar-refractivity contribution is -0.131. The van der Waals surface area contributed by atoms with Crippen LogP contribution in [0.1, 0.15) is 17.2 Å². The molecule has 4 nitrogen and oxygen atoms in total. The maximum absolute atomic E-state index is 13.4. The summed E-state index contributed by atoms with van der Waals surface area (Å²) in [5.41, 5.74) is 4.63. The number of amides is 1. The van der Waals surface area contributed by atoms with Crippen molar-refractivity contribution in [1.82, 2.24) is 9.80 Å². The van der Waals surface area contributed by atoms with Crippen LogP contribution in [0.3, 0.4) is 0 Å². The summed E-state index contributed by atoms with van der Waals surface area (Å²) < 4.78 is 0. The molecule has 0 aliphatic carbocycles. The fourth-order valence-electron chi connectivity index (χ4n) is 4.90. The molecule has 0 atom stereocenters. The summed E-state index contributed by atoms with van der Waals surface area (Å²) in [6, 6.07) is 41.8. The summed E-state index contributed by atoms with van der Waals surface area (Å²) in [7, 11) is 0. The van der Waals surface area contributed by atoms with Gasteiger partial charge in [0, 0.05) is 37.6 Å². The smallest absolute Gasteiger partial charge is 0.242 e. The van der Waals surface area contributed by atoms with Crippen LogP contribution >= 0.6 is 0 Å². The van der Waals surface area contributed by atoms with Crippen molar-refractivity contribution >= 4 is 17.3 Å². The zero-order chi connectivity index (χ0) is 23.9. The van der Waals surface area contributed by atoms with E-state index in [-0.39, 0.29) is 11.9 Å². The second-order valence-corrected chi connectivity index (χ2v) is 8.90. The molecule has 1 amide bonds. The van der Waals surface area contributed by atoms with Gasteiger partial charge in [-0.15, -0.1) is 0 Å². The highest BCUT2D eigenvalue weighted by atomic mass is 16.2. The second kappa shape index (κ2) is 11.0. The third kappa shape index (κ3) is 5.44. The van der Waals surface area contributed by atoms with Crippen molar-refractivity contribution in [2.45, 2.75) is 6.04 Å². The first-order valence-electron chi connectivity index (χ1n) is 12.3. The van der Waals surface area contributed by atoms with Crippen LogP contribution in [0.15, 0.2) is 121 Å². The molecule has 5 rings (SSSR count). The Labute approximate surface area is 208 Å². The average Bonchev–Trinajstić information content (AvgIpc) is 2.94. The monoisotopic (exact) mass is 461 g/mol. The number of piperazine rings is 1. The van der Waals surface area contributed by atoms with Crippen LogP contribution < -0.4 is 4.90 Å². The van der Waals surface area contributed by atoms with Gasteiger partial charge in [0.25, 0.3) is 0 Å². The van der Waals surface area contributed by atoms with Gasteiger partial charge in [-0.2, -0.15) is 0 Å². The van der Waals surface area contributed by atoms with Crippen molar-refractivity contribution in [2.75, 3.05) is 37.6 Å². The van der Waals surface area contributed by atoms with E-state index in [1.54, 1.807) is 0 Å². The van der Waals surface area contributed by atoms with Crippen molar-refractivity contribution in [3.8, 4) is 0 Å². The first kappa shape index (κ1) is 22.9. The predicted molar refractivity (Wildman–Crippen MR) is 143 cm³/mol. The number of carbonyl (C=O) groups is 1. The van der Waals surface area contributed by atoms with Crippen LogP contribution in [-0.2, 0) is 4.79 Å². The molecule has 0 aromatic heterocycles. The van der Waals surface area contributed by atoms with Gasteiger partial charge >= 0.3 is 0 Å². The average molecular weight is 462 g/mol. The molecule has 0 spiro atoms. The number of para-hydroxylation sites is 2. The molecule has 0 bridgehead atoms. The van der Waals surface area contributed by atoms with Gasteiger partial charge in [0.05, 0.1) is 6.04 Å². The molecular weight excluding hydrogens is 430 g/mol. The fourth-order valence-corrected chi connectivity index (χ4v) is 4.90. The Kier molecular flexibility index (Phi) is 7.21. The zero-order valence-corrected chi connectivity index (χ0v) is 19.9. The Balaban J connectivity index is 1.30. The van der Waals surface area contributed by atoms with Crippen molar-refractivity contribution in [3.63, 3.8) is 0 Å². The van der Waals surface area contributed by atoms with E-state index in [0.29, 0.717) is 6.54 Å². The normalized spacial score (nSPS) is 14.1. The lowest BCUT2D eigenvalue weighted by atomic mass is 9.96. The Hall–Kier alpha value is -3.89. The van der Waals surface area contributed by atoms with Crippen molar-refractivity contribution in [3.05, 3.63) is 132 Å². The molecule has 4 heteroatoms. The van der Waals surface area contributed by atoms with Crippen LogP contribution in [0, 0.1) is 0 Å². The second-order valence-electron chi connectivity index (χ2n) is 8.90. The summed E-state index contributed by atoms with van der Waals surface area (Å²) in [6.07, 6.45) is 0. The standard InChI is InChI=1S/C31H31N3O/c35-30(25-34(28-17-9-3-10-18-28)29-19-11-4-12-20-29)32-21-23-33(24-22-32)31(26-13-5-1-6-14-26)27-15-7-2-8-16-27/h1-20,31H,21-25H2. The minimum Gasteiger partial charge on any atom is -0.339 e. The number of nitrogens with zero attached hydrogens (tertiary/aromatic N) is 3. The van der Waals surface area contributed by atoms with Crippen molar-refractivity contribution in [1.29, 1.82) is 0 Å². The lowest BCUT2D eigenvalue weighted by Gasteiger charge is -2.40. The lowest BCUT2D eigenvalue weighted by Crippen LogP contribution is -2.51. The van der Waals surface area contributed by atoms with Crippen LogP contribution in [0.5, 0.6) is 0 Å². The molecule has 1 fully saturated rings. The van der Waals surface area contributed by atoms with Crippen molar-refractivity contribution in [2.24, 2.45) is 0 Å². The number of hydrogen-bond donors (Lipinski definition) is 0. The molecule has 4 aromatic carbocycles. The first-order chi connectivity index (χ1) is 17.3. The van der Waals surface area contributed by atoms with Gasteiger partial charge in [-0.25, -0.2) is 0 Å². The van der Waals surface area contributed by atoms with Gasteiger partial charge in [-0.1, -0.05) is 97.1 Å². The number of rotatable bonds is 7. The fraction of sp³-hybridized carbons (Fsp3) is 0.194. The van der Waals surface area contributed by atoms with Crippen LogP contribution in [0.4, 0.5) is 11.4 Å². The Morgan fingerprint density at radius 3 is 1.43 bits per heavy atom. The van der Waals surface area contributed by atoms with E-state index in [2.05, 4.69) is 94.7 Å². The van der Waals surface area contributed by atoms with E-state index in [1.807, 2.05) is 41.3 Å². The maximum atomic E-state index is 13.4. The molecule has 176 valence electrons. The predicted octanol–water partition coefficient (Wildman–Crippen LogP) is 5.76. The van der Waals surface area contributed by atoms with Gasteiger partial charge in [0.2, 0.25) is 5.91 Å². The zero-order valence-electron chi connectivity index (χ0n) is 19.9. The largest absolute Gasteiger partial charge is 0.339 e. The third-order valence-electron chi connectivity index (χ3n) is 6.69. The van der Waals surface area contributed by atoms with Gasteiger partial charge in [0.15, 0.2) is 0 Å². The highest BCUT2D eigenvalue weighted by Gasteiger charge is 2.29. The van der Waals surface area contributed by atoms with Gasteiger partial charge in [0.1, 0.15) is 6.54 Å². The number of anilines is 2. The molecule has 35 heavy (non-hydrogen) atoms. The molecule has 1 aliphatic heterocycles. The Bertz CT molecular complexity index is 1110. The van der Waals surface area contributed by atoms with E-state index >= 15 is 0 Å². The van der Waals surface area contributed by atoms with Gasteiger partial charge in [-0.3, -0.25) is 9.69 Å². The maximum Gasteiger partial charge on any atom is 0.242 e. The third-order valence-corrected chi connectivity index (χ3v) is 6.69. The first-order valence-corrected chi connectivity index (χ1v) is 12.3.